The Hall–Kier alpha value is -1.95. The monoisotopic (exact) mass is 235 g/mol. The van der Waals surface area contributed by atoms with E-state index in [1.165, 1.54) is 12.1 Å². The fraction of sp³-hybridized carbons (Fsp3) is 0.364. The number of rotatable bonds is 4. The summed E-state index contributed by atoms with van der Waals surface area (Å²) in [5.41, 5.74) is 5.89. The van der Waals surface area contributed by atoms with Crippen LogP contribution in [-0.2, 0) is 11.3 Å². The van der Waals surface area contributed by atoms with E-state index in [0.717, 1.165) is 18.4 Å². The number of nitrogens with one attached hydrogen (secondary N) is 1. The molecule has 1 aromatic carbocycles. The molecule has 1 saturated carbocycles. The highest BCUT2D eigenvalue weighted by atomic mass is 16.6. The lowest BCUT2D eigenvalue weighted by molar-refractivity contribution is -0.384. The SMILES string of the molecule is NC1(C(=O)NCc2ccc([N+](=O)[O-])cc2)CC1. The summed E-state index contributed by atoms with van der Waals surface area (Å²) >= 11 is 0. The summed E-state index contributed by atoms with van der Waals surface area (Å²) < 4.78 is 0. The summed E-state index contributed by atoms with van der Waals surface area (Å²) in [4.78, 5) is 21.5. The Labute approximate surface area is 98.0 Å². The van der Waals surface area contributed by atoms with Crippen LogP contribution in [0.1, 0.15) is 18.4 Å². The van der Waals surface area contributed by atoms with Crippen LogP contribution in [0.4, 0.5) is 5.69 Å². The van der Waals surface area contributed by atoms with E-state index in [4.69, 9.17) is 5.73 Å². The van der Waals surface area contributed by atoms with Gasteiger partial charge in [0, 0.05) is 18.7 Å². The molecular formula is C11H13N3O3. The molecule has 0 saturated heterocycles. The van der Waals surface area contributed by atoms with E-state index < -0.39 is 10.5 Å². The van der Waals surface area contributed by atoms with Gasteiger partial charge in [-0.2, -0.15) is 0 Å². The van der Waals surface area contributed by atoms with Crippen molar-refractivity contribution in [2.75, 3.05) is 0 Å². The first-order valence-electron chi connectivity index (χ1n) is 5.32. The molecule has 2 rings (SSSR count). The Morgan fingerprint density at radius 2 is 2.00 bits per heavy atom. The van der Waals surface area contributed by atoms with Gasteiger partial charge < -0.3 is 11.1 Å². The molecule has 0 radical (unpaired) electrons. The molecule has 1 amide bonds. The average molecular weight is 235 g/mol. The Bertz CT molecular complexity index is 452. The molecule has 6 nitrogen and oxygen atoms in total. The molecule has 1 aliphatic rings. The zero-order chi connectivity index (χ0) is 12.5. The Morgan fingerprint density at radius 3 is 2.47 bits per heavy atom. The van der Waals surface area contributed by atoms with Gasteiger partial charge >= 0.3 is 0 Å². The molecule has 1 aromatic rings. The third kappa shape index (κ3) is 2.59. The van der Waals surface area contributed by atoms with Crippen LogP contribution in [0.25, 0.3) is 0 Å². The van der Waals surface area contributed by atoms with Crippen molar-refractivity contribution in [1.82, 2.24) is 5.32 Å². The summed E-state index contributed by atoms with van der Waals surface area (Å²) in [7, 11) is 0. The summed E-state index contributed by atoms with van der Waals surface area (Å²) in [6.07, 6.45) is 1.44. The van der Waals surface area contributed by atoms with E-state index in [-0.39, 0.29) is 11.6 Å². The number of carbonyl (C=O) groups is 1. The fourth-order valence-corrected chi connectivity index (χ4v) is 1.46. The van der Waals surface area contributed by atoms with Crippen molar-refractivity contribution in [2.45, 2.75) is 24.9 Å². The smallest absolute Gasteiger partial charge is 0.269 e. The molecule has 0 spiro atoms. The molecular weight excluding hydrogens is 222 g/mol. The van der Waals surface area contributed by atoms with Gasteiger partial charge in [-0.05, 0) is 18.4 Å². The summed E-state index contributed by atoms with van der Waals surface area (Å²) in [5, 5.41) is 13.2. The van der Waals surface area contributed by atoms with Crippen LogP contribution in [0, 0.1) is 10.1 Å². The van der Waals surface area contributed by atoms with Gasteiger partial charge in [-0.1, -0.05) is 12.1 Å². The second kappa shape index (κ2) is 4.14. The summed E-state index contributed by atoms with van der Waals surface area (Å²) in [5.74, 6) is -0.157. The first-order chi connectivity index (χ1) is 8.01. The van der Waals surface area contributed by atoms with E-state index in [0.29, 0.717) is 6.54 Å². The van der Waals surface area contributed by atoms with E-state index in [1.807, 2.05) is 0 Å². The molecule has 0 aromatic heterocycles. The number of carbonyl (C=O) groups excluding carboxylic acids is 1. The van der Waals surface area contributed by atoms with Crippen molar-refractivity contribution >= 4 is 11.6 Å². The van der Waals surface area contributed by atoms with Gasteiger partial charge in [0.2, 0.25) is 5.91 Å². The number of hydrogen-bond acceptors (Lipinski definition) is 4. The lowest BCUT2D eigenvalue weighted by atomic mass is 10.2. The van der Waals surface area contributed by atoms with Crippen LogP contribution >= 0.6 is 0 Å². The molecule has 1 aliphatic carbocycles. The maximum Gasteiger partial charge on any atom is 0.269 e. The normalized spacial score (nSPS) is 16.3. The predicted octanol–water partition coefficient (Wildman–Crippen LogP) is 0.702. The van der Waals surface area contributed by atoms with Gasteiger partial charge in [0.15, 0.2) is 0 Å². The lowest BCUT2D eigenvalue weighted by Crippen LogP contribution is -2.42. The zero-order valence-corrected chi connectivity index (χ0v) is 9.18. The van der Waals surface area contributed by atoms with Crippen LogP contribution in [-0.4, -0.2) is 16.4 Å². The van der Waals surface area contributed by atoms with Crippen LogP contribution in [0.5, 0.6) is 0 Å². The minimum absolute atomic E-state index is 0.0394. The van der Waals surface area contributed by atoms with Crippen molar-refractivity contribution in [2.24, 2.45) is 5.73 Å². The summed E-state index contributed by atoms with van der Waals surface area (Å²) in [6.45, 7) is 0.343. The lowest BCUT2D eigenvalue weighted by Gasteiger charge is -2.09. The van der Waals surface area contributed by atoms with Gasteiger partial charge in [0.05, 0.1) is 10.5 Å². The number of benzene rings is 1. The summed E-state index contributed by atoms with van der Waals surface area (Å²) in [6, 6.07) is 6.07. The highest BCUT2D eigenvalue weighted by molar-refractivity contribution is 5.88. The molecule has 0 aliphatic heterocycles. The molecule has 3 N–H and O–H groups in total. The number of amides is 1. The zero-order valence-electron chi connectivity index (χ0n) is 9.18. The van der Waals surface area contributed by atoms with Crippen LogP contribution in [0.3, 0.4) is 0 Å². The number of nitro groups is 1. The minimum atomic E-state index is -0.680. The van der Waals surface area contributed by atoms with E-state index in [2.05, 4.69) is 5.32 Å². The highest BCUT2D eigenvalue weighted by Crippen LogP contribution is 2.32. The van der Waals surface area contributed by atoms with E-state index in [9.17, 15) is 14.9 Å². The maximum absolute atomic E-state index is 11.5. The number of nitrogens with zero attached hydrogens (tertiary/aromatic N) is 1. The predicted molar refractivity (Wildman–Crippen MR) is 61.1 cm³/mol. The molecule has 1 fully saturated rings. The molecule has 0 heterocycles. The van der Waals surface area contributed by atoms with Gasteiger partial charge in [-0.15, -0.1) is 0 Å². The Balaban J connectivity index is 1.91. The molecule has 17 heavy (non-hydrogen) atoms. The fourth-order valence-electron chi connectivity index (χ4n) is 1.46. The molecule has 6 heteroatoms. The van der Waals surface area contributed by atoms with Gasteiger partial charge in [0.1, 0.15) is 0 Å². The first-order valence-corrected chi connectivity index (χ1v) is 5.32. The second-order valence-electron chi connectivity index (χ2n) is 4.26. The number of hydrogen-bond donors (Lipinski definition) is 2. The van der Waals surface area contributed by atoms with Crippen molar-refractivity contribution < 1.29 is 9.72 Å². The van der Waals surface area contributed by atoms with Gasteiger partial charge in [-0.25, -0.2) is 0 Å². The minimum Gasteiger partial charge on any atom is -0.350 e. The van der Waals surface area contributed by atoms with Gasteiger partial charge in [0.25, 0.3) is 5.69 Å². The quantitative estimate of drug-likeness (QED) is 0.592. The average Bonchev–Trinajstić information content (AvgIpc) is 3.06. The second-order valence-corrected chi connectivity index (χ2v) is 4.26. The number of nitro benzene ring substituents is 1. The molecule has 0 unspecified atom stereocenters. The third-order valence-corrected chi connectivity index (χ3v) is 2.84. The number of non-ortho nitro benzene ring substituents is 1. The molecule has 0 bridgehead atoms. The third-order valence-electron chi connectivity index (χ3n) is 2.84. The standard InChI is InChI=1S/C11H13N3O3/c12-11(5-6-11)10(15)13-7-8-1-3-9(4-2-8)14(16)17/h1-4H,5-7,12H2,(H,13,15). The highest BCUT2D eigenvalue weighted by Gasteiger charge is 2.45. The maximum atomic E-state index is 11.5. The molecule has 90 valence electrons. The number of nitrogens with two attached hydrogens (primary N) is 1. The van der Waals surface area contributed by atoms with Crippen LogP contribution in [0.2, 0.25) is 0 Å². The Morgan fingerprint density at radius 1 is 1.41 bits per heavy atom. The first kappa shape index (κ1) is 11.5. The van der Waals surface area contributed by atoms with Crippen molar-refractivity contribution in [3.8, 4) is 0 Å². The molecule has 0 atom stereocenters. The van der Waals surface area contributed by atoms with Crippen LogP contribution < -0.4 is 11.1 Å². The van der Waals surface area contributed by atoms with Crippen LogP contribution in [0.15, 0.2) is 24.3 Å². The van der Waals surface area contributed by atoms with Gasteiger partial charge in [-0.3, -0.25) is 14.9 Å². The largest absolute Gasteiger partial charge is 0.350 e. The van der Waals surface area contributed by atoms with Crippen molar-refractivity contribution in [3.05, 3.63) is 39.9 Å². The Kier molecular flexibility index (Phi) is 2.81. The topological polar surface area (TPSA) is 98.3 Å². The van der Waals surface area contributed by atoms with E-state index >= 15 is 0 Å². The van der Waals surface area contributed by atoms with Crippen molar-refractivity contribution in [3.63, 3.8) is 0 Å². The van der Waals surface area contributed by atoms with E-state index in [1.54, 1.807) is 12.1 Å². The van der Waals surface area contributed by atoms with Crippen molar-refractivity contribution in [1.29, 1.82) is 0 Å².